The van der Waals surface area contributed by atoms with E-state index in [1.165, 1.54) is 0 Å². The van der Waals surface area contributed by atoms with Crippen molar-refractivity contribution in [3.05, 3.63) is 33.3 Å². The fraction of sp³-hybridized carbons (Fsp3) is 0.455. The van der Waals surface area contributed by atoms with Crippen LogP contribution in [0, 0.1) is 0 Å². The molecule has 1 unspecified atom stereocenters. The van der Waals surface area contributed by atoms with Gasteiger partial charge in [-0.2, -0.15) is 0 Å². The molecule has 1 aromatic carbocycles. The quantitative estimate of drug-likeness (QED) is 0.922. The van der Waals surface area contributed by atoms with Gasteiger partial charge < -0.3 is 10.0 Å². The lowest BCUT2D eigenvalue weighted by Gasteiger charge is -2.16. The molecule has 0 aliphatic heterocycles. The van der Waals surface area contributed by atoms with E-state index in [0.29, 0.717) is 18.0 Å². The monoisotopic (exact) mass is 291 g/mol. The Morgan fingerprint density at radius 2 is 2.13 bits per heavy atom. The van der Waals surface area contributed by atoms with Crippen molar-refractivity contribution >= 4 is 27.5 Å². The smallest absolute Gasteiger partial charge is 0.0707 e. The summed E-state index contributed by atoms with van der Waals surface area (Å²) in [4.78, 5) is 1.96. The zero-order valence-corrected chi connectivity index (χ0v) is 11.2. The number of aliphatic hydroxyl groups is 1. The summed E-state index contributed by atoms with van der Waals surface area (Å²) in [5, 5.41) is 10.5. The third kappa shape index (κ3) is 4.51. The average Bonchev–Trinajstić information content (AvgIpc) is 2.08. The van der Waals surface area contributed by atoms with Gasteiger partial charge in [0.2, 0.25) is 0 Å². The topological polar surface area (TPSA) is 23.5 Å². The molecule has 0 saturated carbocycles. The first-order valence-corrected chi connectivity index (χ1v) is 5.93. The third-order valence-electron chi connectivity index (χ3n) is 2.05. The first-order valence-electron chi connectivity index (χ1n) is 4.75. The van der Waals surface area contributed by atoms with Crippen molar-refractivity contribution in [3.8, 4) is 0 Å². The lowest BCUT2D eigenvalue weighted by molar-refractivity contribution is 0.137. The van der Waals surface area contributed by atoms with Gasteiger partial charge in [-0.3, -0.25) is 0 Å². The molecule has 0 aliphatic carbocycles. The molecule has 0 fully saturated rings. The fourth-order valence-electron chi connectivity index (χ4n) is 1.43. The second kappa shape index (κ2) is 5.85. The molecule has 0 amide bonds. The van der Waals surface area contributed by atoms with Gasteiger partial charge in [0.15, 0.2) is 0 Å². The maximum Gasteiger partial charge on any atom is 0.0707 e. The molecule has 2 nitrogen and oxygen atoms in total. The molecule has 0 aromatic heterocycles. The van der Waals surface area contributed by atoms with E-state index in [2.05, 4.69) is 15.9 Å². The largest absolute Gasteiger partial charge is 0.391 e. The fourth-order valence-corrected chi connectivity index (χ4v) is 2.18. The minimum Gasteiger partial charge on any atom is -0.391 e. The highest BCUT2D eigenvalue weighted by molar-refractivity contribution is 9.10. The van der Waals surface area contributed by atoms with E-state index in [0.717, 1.165) is 10.0 Å². The van der Waals surface area contributed by atoms with E-state index in [9.17, 15) is 5.11 Å². The van der Waals surface area contributed by atoms with Crippen LogP contribution in [-0.4, -0.2) is 36.8 Å². The summed E-state index contributed by atoms with van der Waals surface area (Å²) < 4.78 is 0.957. The lowest BCUT2D eigenvalue weighted by Crippen LogP contribution is -2.27. The normalized spacial score (nSPS) is 13.2. The zero-order valence-electron chi connectivity index (χ0n) is 8.87. The van der Waals surface area contributed by atoms with Crippen LogP contribution in [0.5, 0.6) is 0 Å². The van der Waals surface area contributed by atoms with Crippen molar-refractivity contribution in [1.82, 2.24) is 4.90 Å². The van der Waals surface area contributed by atoms with Gasteiger partial charge >= 0.3 is 0 Å². The minimum absolute atomic E-state index is 0.376. The number of aliphatic hydroxyl groups excluding tert-OH is 1. The van der Waals surface area contributed by atoms with Gasteiger partial charge in [0.25, 0.3) is 0 Å². The van der Waals surface area contributed by atoms with Crippen LogP contribution in [-0.2, 0) is 6.42 Å². The highest BCUT2D eigenvalue weighted by Gasteiger charge is 2.09. The van der Waals surface area contributed by atoms with Crippen LogP contribution in [0.1, 0.15) is 5.56 Å². The maximum absolute atomic E-state index is 9.75. The van der Waals surface area contributed by atoms with Gasteiger partial charge in [0.05, 0.1) is 6.10 Å². The van der Waals surface area contributed by atoms with Crippen LogP contribution in [0.15, 0.2) is 22.7 Å². The zero-order chi connectivity index (χ0) is 11.4. The molecule has 0 radical (unpaired) electrons. The summed E-state index contributed by atoms with van der Waals surface area (Å²) in [6.07, 6.45) is 0.211. The minimum atomic E-state index is -0.376. The highest BCUT2D eigenvalue weighted by Crippen LogP contribution is 2.22. The van der Waals surface area contributed by atoms with Crippen molar-refractivity contribution in [2.24, 2.45) is 0 Å². The number of nitrogens with zero attached hydrogens (tertiary/aromatic N) is 1. The van der Waals surface area contributed by atoms with E-state index in [4.69, 9.17) is 11.6 Å². The van der Waals surface area contributed by atoms with E-state index in [1.807, 2.05) is 37.2 Å². The maximum atomic E-state index is 9.75. The molecular weight excluding hydrogens is 277 g/mol. The summed E-state index contributed by atoms with van der Waals surface area (Å²) in [5.74, 6) is 0. The first-order chi connectivity index (χ1) is 6.99. The molecule has 0 saturated heterocycles. The Hall–Kier alpha value is -0.0900. The van der Waals surface area contributed by atoms with E-state index >= 15 is 0 Å². The second-order valence-corrected chi connectivity index (χ2v) is 5.18. The number of likely N-dealkylation sites (N-methyl/N-ethyl adjacent to an activating group) is 1. The van der Waals surface area contributed by atoms with Crippen molar-refractivity contribution in [2.75, 3.05) is 20.6 Å². The van der Waals surface area contributed by atoms with Crippen LogP contribution in [0.25, 0.3) is 0 Å². The molecule has 84 valence electrons. The standard InChI is InChI=1S/C11H15BrClNO/c1-14(2)7-10(15)5-8-3-4-9(12)6-11(8)13/h3-4,6,10,15H,5,7H2,1-2H3. The van der Waals surface area contributed by atoms with Gasteiger partial charge in [-0.15, -0.1) is 0 Å². The number of hydrogen-bond acceptors (Lipinski definition) is 2. The molecule has 0 bridgehead atoms. The van der Waals surface area contributed by atoms with Gasteiger partial charge in [-0.25, -0.2) is 0 Å². The summed E-state index contributed by atoms with van der Waals surface area (Å²) in [6.45, 7) is 0.645. The van der Waals surface area contributed by atoms with Crippen molar-refractivity contribution in [1.29, 1.82) is 0 Å². The summed E-state index contributed by atoms with van der Waals surface area (Å²) in [7, 11) is 3.87. The molecule has 15 heavy (non-hydrogen) atoms. The number of rotatable bonds is 4. The Balaban J connectivity index is 2.64. The number of halogens is 2. The van der Waals surface area contributed by atoms with Gasteiger partial charge in [0.1, 0.15) is 0 Å². The number of hydrogen-bond donors (Lipinski definition) is 1. The predicted octanol–water partition coefficient (Wildman–Crippen LogP) is 2.57. The van der Waals surface area contributed by atoms with Crippen molar-refractivity contribution in [2.45, 2.75) is 12.5 Å². The molecule has 0 aliphatic rings. The Morgan fingerprint density at radius 1 is 1.47 bits per heavy atom. The van der Waals surface area contributed by atoms with Gasteiger partial charge in [-0.1, -0.05) is 33.6 Å². The van der Waals surface area contributed by atoms with Crippen LogP contribution in [0.2, 0.25) is 5.02 Å². The Bertz CT molecular complexity index is 330. The van der Waals surface area contributed by atoms with Crippen LogP contribution < -0.4 is 0 Å². The van der Waals surface area contributed by atoms with Crippen LogP contribution >= 0.6 is 27.5 Å². The molecule has 1 N–H and O–H groups in total. The van der Waals surface area contributed by atoms with Gasteiger partial charge in [-0.05, 0) is 31.8 Å². The molecule has 1 aromatic rings. The Morgan fingerprint density at radius 3 is 2.67 bits per heavy atom. The summed E-state index contributed by atoms with van der Waals surface area (Å²) in [6, 6.07) is 5.72. The third-order valence-corrected chi connectivity index (χ3v) is 2.89. The Labute approximate surface area is 104 Å². The number of benzene rings is 1. The van der Waals surface area contributed by atoms with E-state index in [1.54, 1.807) is 0 Å². The van der Waals surface area contributed by atoms with E-state index < -0.39 is 0 Å². The summed E-state index contributed by atoms with van der Waals surface area (Å²) in [5.41, 5.74) is 0.981. The first kappa shape index (κ1) is 13.0. The molecular formula is C11H15BrClNO. The summed E-state index contributed by atoms with van der Waals surface area (Å²) >= 11 is 9.40. The van der Waals surface area contributed by atoms with Crippen molar-refractivity contribution in [3.63, 3.8) is 0 Å². The second-order valence-electron chi connectivity index (χ2n) is 3.86. The molecule has 1 rings (SSSR count). The van der Waals surface area contributed by atoms with Crippen LogP contribution in [0.4, 0.5) is 0 Å². The molecule has 0 heterocycles. The SMILES string of the molecule is CN(C)CC(O)Cc1ccc(Br)cc1Cl. The molecule has 4 heteroatoms. The molecule has 1 atom stereocenters. The molecule has 0 spiro atoms. The van der Waals surface area contributed by atoms with E-state index in [-0.39, 0.29) is 6.10 Å². The highest BCUT2D eigenvalue weighted by atomic mass is 79.9. The predicted molar refractivity (Wildman–Crippen MR) is 67.4 cm³/mol. The van der Waals surface area contributed by atoms with Crippen molar-refractivity contribution < 1.29 is 5.11 Å². The van der Waals surface area contributed by atoms with Gasteiger partial charge in [0, 0.05) is 22.5 Å². The Kier molecular flexibility index (Phi) is 5.06. The van der Waals surface area contributed by atoms with Crippen LogP contribution in [0.3, 0.4) is 0 Å². The lowest BCUT2D eigenvalue weighted by atomic mass is 10.1. The average molecular weight is 293 g/mol.